The molecule has 142 valence electrons. The maximum Gasteiger partial charge on any atom is 0.271 e. The zero-order chi connectivity index (χ0) is 20.1. The number of rotatable bonds is 5. The van der Waals surface area contributed by atoms with Crippen LogP contribution in [0.5, 0.6) is 11.5 Å². The van der Waals surface area contributed by atoms with Gasteiger partial charge >= 0.3 is 0 Å². The summed E-state index contributed by atoms with van der Waals surface area (Å²) in [5.74, 6) is -0.131. The highest BCUT2D eigenvalue weighted by Gasteiger charge is 2.14. The number of phenolic OH excluding ortho intramolecular Hbond substituents is 1. The van der Waals surface area contributed by atoms with Gasteiger partial charge in [-0.15, -0.1) is 0 Å². The Balaban J connectivity index is 2.08. The van der Waals surface area contributed by atoms with Gasteiger partial charge in [0.15, 0.2) is 5.11 Å². The molecule has 0 aliphatic heterocycles. The van der Waals surface area contributed by atoms with Crippen LogP contribution in [0.25, 0.3) is 0 Å². The lowest BCUT2D eigenvalue weighted by atomic mass is 10.2. The van der Waals surface area contributed by atoms with Crippen molar-refractivity contribution in [3.05, 3.63) is 56.5 Å². The Bertz CT molecular complexity index is 904. The molecule has 27 heavy (non-hydrogen) atoms. The minimum Gasteiger partial charge on any atom is -0.506 e. The third kappa shape index (κ3) is 5.63. The van der Waals surface area contributed by atoms with Crippen molar-refractivity contribution in [1.29, 1.82) is 0 Å². The number of aromatic hydroxyl groups is 1. The zero-order valence-corrected chi connectivity index (χ0v) is 16.8. The van der Waals surface area contributed by atoms with E-state index in [4.69, 9.17) is 17.0 Å². The monoisotopic (exact) mass is 453 g/mol. The summed E-state index contributed by atoms with van der Waals surface area (Å²) >= 11 is 8.38. The summed E-state index contributed by atoms with van der Waals surface area (Å²) in [5, 5.41) is 25.5. The Morgan fingerprint density at radius 3 is 2.59 bits per heavy atom. The molecule has 0 saturated carbocycles. The second-order valence-electron chi connectivity index (χ2n) is 5.68. The molecule has 10 heteroatoms. The van der Waals surface area contributed by atoms with E-state index in [1.807, 2.05) is 13.8 Å². The molecule has 0 aliphatic carbocycles. The molecule has 0 spiro atoms. The average molecular weight is 454 g/mol. The number of hydrogen-bond donors (Lipinski definition) is 3. The van der Waals surface area contributed by atoms with E-state index in [1.165, 1.54) is 0 Å². The molecule has 2 aromatic rings. The molecule has 8 nitrogen and oxygen atoms in total. The average Bonchev–Trinajstić information content (AvgIpc) is 2.57. The van der Waals surface area contributed by atoms with Crippen molar-refractivity contribution in [2.45, 2.75) is 20.0 Å². The van der Waals surface area contributed by atoms with Crippen molar-refractivity contribution in [3.8, 4) is 11.5 Å². The highest BCUT2D eigenvalue weighted by Crippen LogP contribution is 2.28. The lowest BCUT2D eigenvalue weighted by Crippen LogP contribution is -2.34. The minimum absolute atomic E-state index is 0.0105. The van der Waals surface area contributed by atoms with Gasteiger partial charge in [-0.2, -0.15) is 0 Å². The van der Waals surface area contributed by atoms with Crippen molar-refractivity contribution in [2.75, 3.05) is 5.32 Å². The van der Waals surface area contributed by atoms with Gasteiger partial charge in [-0.1, -0.05) is 0 Å². The maximum absolute atomic E-state index is 12.3. The van der Waals surface area contributed by atoms with Crippen molar-refractivity contribution >= 4 is 50.5 Å². The van der Waals surface area contributed by atoms with E-state index in [9.17, 15) is 20.0 Å². The van der Waals surface area contributed by atoms with Gasteiger partial charge in [0, 0.05) is 17.7 Å². The summed E-state index contributed by atoms with van der Waals surface area (Å²) in [5.41, 5.74) is 0.107. The molecule has 0 fully saturated rings. The Hall–Kier alpha value is -2.72. The van der Waals surface area contributed by atoms with Crippen molar-refractivity contribution in [2.24, 2.45) is 0 Å². The molecule has 0 heterocycles. The molecule has 0 radical (unpaired) electrons. The number of nitrogens with zero attached hydrogens (tertiary/aromatic N) is 1. The van der Waals surface area contributed by atoms with Crippen LogP contribution in [0, 0.1) is 10.1 Å². The van der Waals surface area contributed by atoms with Gasteiger partial charge in [0.1, 0.15) is 11.5 Å². The zero-order valence-electron chi connectivity index (χ0n) is 14.4. The van der Waals surface area contributed by atoms with Crippen LogP contribution in [-0.4, -0.2) is 27.2 Å². The lowest BCUT2D eigenvalue weighted by molar-refractivity contribution is -0.384. The summed E-state index contributed by atoms with van der Waals surface area (Å²) in [4.78, 5) is 22.5. The molecule has 1 amide bonds. The number of benzene rings is 2. The largest absolute Gasteiger partial charge is 0.506 e. The number of amides is 1. The first kappa shape index (κ1) is 20.6. The van der Waals surface area contributed by atoms with E-state index in [-0.39, 0.29) is 28.3 Å². The Morgan fingerprint density at radius 2 is 2.00 bits per heavy atom. The van der Waals surface area contributed by atoms with E-state index in [1.54, 1.807) is 18.2 Å². The van der Waals surface area contributed by atoms with Crippen molar-refractivity contribution < 1.29 is 19.6 Å². The first-order valence-corrected chi connectivity index (χ1v) is 8.93. The molecule has 2 aromatic carbocycles. The van der Waals surface area contributed by atoms with Crippen LogP contribution >= 0.6 is 28.1 Å². The minimum atomic E-state index is -0.607. The van der Waals surface area contributed by atoms with E-state index in [0.29, 0.717) is 15.8 Å². The smallest absolute Gasteiger partial charge is 0.271 e. The van der Waals surface area contributed by atoms with E-state index in [2.05, 4.69) is 26.6 Å². The Labute approximate surface area is 168 Å². The number of phenols is 1. The number of non-ortho nitro benzene ring substituents is 1. The van der Waals surface area contributed by atoms with Crippen LogP contribution in [0.15, 0.2) is 40.9 Å². The quantitative estimate of drug-likeness (QED) is 0.271. The summed E-state index contributed by atoms with van der Waals surface area (Å²) in [6.07, 6.45) is -0.0136. The highest BCUT2D eigenvalue weighted by atomic mass is 79.9. The number of thiocarbonyl (C=S) groups is 1. The van der Waals surface area contributed by atoms with Gasteiger partial charge in [-0.3, -0.25) is 20.2 Å². The number of halogens is 1. The SMILES string of the molecule is CC(C)Oc1ccc(C(=O)NC(=S)Nc2cc([N+](=O)[O-])ccc2O)cc1Br. The Morgan fingerprint density at radius 1 is 1.30 bits per heavy atom. The Kier molecular flexibility index (Phi) is 6.70. The summed E-state index contributed by atoms with van der Waals surface area (Å²) < 4.78 is 6.19. The van der Waals surface area contributed by atoms with Gasteiger partial charge in [-0.25, -0.2) is 0 Å². The van der Waals surface area contributed by atoms with Gasteiger partial charge in [0.05, 0.1) is 21.2 Å². The molecule has 0 aromatic heterocycles. The first-order valence-electron chi connectivity index (χ1n) is 7.73. The third-order valence-electron chi connectivity index (χ3n) is 3.22. The summed E-state index contributed by atoms with van der Waals surface area (Å²) in [7, 11) is 0. The number of anilines is 1. The maximum atomic E-state index is 12.3. The number of nitro groups is 1. The molecular formula is C17H16BrN3O5S. The number of nitrogens with one attached hydrogen (secondary N) is 2. The highest BCUT2D eigenvalue weighted by molar-refractivity contribution is 9.10. The number of nitro benzene ring substituents is 1. The molecule has 0 saturated heterocycles. The van der Waals surface area contributed by atoms with Crippen molar-refractivity contribution in [1.82, 2.24) is 5.32 Å². The van der Waals surface area contributed by atoms with Gasteiger partial charge in [0.25, 0.3) is 11.6 Å². The predicted molar refractivity (Wildman–Crippen MR) is 108 cm³/mol. The van der Waals surface area contributed by atoms with Crippen LogP contribution in [0.3, 0.4) is 0 Å². The van der Waals surface area contributed by atoms with Gasteiger partial charge in [-0.05, 0) is 66.3 Å². The number of hydrogen-bond acceptors (Lipinski definition) is 6. The molecule has 0 unspecified atom stereocenters. The standard InChI is InChI=1S/C17H16BrN3O5S/c1-9(2)26-15-6-3-10(7-12(15)18)16(23)20-17(27)19-13-8-11(21(24)25)4-5-14(13)22/h3-9,22H,1-2H3,(H2,19,20,23,27). The lowest BCUT2D eigenvalue weighted by Gasteiger charge is -2.13. The van der Waals surface area contributed by atoms with E-state index in [0.717, 1.165) is 18.2 Å². The van der Waals surface area contributed by atoms with Crippen LogP contribution < -0.4 is 15.4 Å². The molecule has 3 N–H and O–H groups in total. The molecule has 0 aliphatic rings. The second-order valence-corrected chi connectivity index (χ2v) is 6.94. The van der Waals surface area contributed by atoms with Crippen molar-refractivity contribution in [3.63, 3.8) is 0 Å². The molecule has 2 rings (SSSR count). The fraction of sp³-hybridized carbons (Fsp3) is 0.176. The van der Waals surface area contributed by atoms with Gasteiger partial charge < -0.3 is 15.2 Å². The fourth-order valence-corrected chi connectivity index (χ4v) is 2.73. The third-order valence-corrected chi connectivity index (χ3v) is 4.05. The molecule has 0 atom stereocenters. The second kappa shape index (κ2) is 8.78. The topological polar surface area (TPSA) is 114 Å². The van der Waals surface area contributed by atoms with Crippen LogP contribution in [0.2, 0.25) is 0 Å². The van der Waals surface area contributed by atoms with Crippen LogP contribution in [0.1, 0.15) is 24.2 Å². The van der Waals surface area contributed by atoms with Crippen LogP contribution in [-0.2, 0) is 0 Å². The number of carbonyl (C=O) groups is 1. The predicted octanol–water partition coefficient (Wildman–Crippen LogP) is 3.98. The number of carbonyl (C=O) groups excluding carboxylic acids is 1. The van der Waals surface area contributed by atoms with E-state index >= 15 is 0 Å². The van der Waals surface area contributed by atoms with Crippen LogP contribution in [0.4, 0.5) is 11.4 Å². The normalized spacial score (nSPS) is 10.4. The first-order chi connectivity index (χ1) is 12.7. The van der Waals surface area contributed by atoms with E-state index < -0.39 is 10.8 Å². The molecular weight excluding hydrogens is 438 g/mol. The summed E-state index contributed by atoms with van der Waals surface area (Å²) in [6.45, 7) is 3.78. The fourth-order valence-electron chi connectivity index (χ4n) is 2.06. The van der Waals surface area contributed by atoms with Gasteiger partial charge in [0.2, 0.25) is 0 Å². The number of ether oxygens (including phenoxy) is 1. The summed E-state index contributed by atoms with van der Waals surface area (Å²) in [6, 6.07) is 8.24. The molecule has 0 bridgehead atoms.